The Hall–Kier alpha value is -3.12. The second-order valence-corrected chi connectivity index (χ2v) is 6.58. The molecule has 144 valence electrons. The number of aromatic nitrogens is 2. The van der Waals surface area contributed by atoms with Gasteiger partial charge in [0, 0.05) is 17.6 Å². The van der Waals surface area contributed by atoms with Gasteiger partial charge >= 0.3 is 0 Å². The predicted octanol–water partition coefficient (Wildman–Crippen LogP) is 4.35. The molecular weight excluding hydrogens is 376 g/mol. The highest BCUT2D eigenvalue weighted by atomic mass is 35.5. The molecule has 0 aliphatic rings. The van der Waals surface area contributed by atoms with Crippen LogP contribution in [0.25, 0.3) is 0 Å². The lowest BCUT2D eigenvalue weighted by Crippen LogP contribution is -2.16. The van der Waals surface area contributed by atoms with Gasteiger partial charge in [-0.05, 0) is 37.1 Å². The van der Waals surface area contributed by atoms with E-state index in [1.165, 1.54) is 12.7 Å². The maximum Gasteiger partial charge on any atom is 0.274 e. The lowest BCUT2D eigenvalue weighted by Gasteiger charge is -2.12. The van der Waals surface area contributed by atoms with Crippen molar-refractivity contribution in [1.29, 1.82) is 0 Å². The van der Waals surface area contributed by atoms with Gasteiger partial charge in [0.1, 0.15) is 23.1 Å². The van der Waals surface area contributed by atoms with Gasteiger partial charge in [-0.15, -0.1) is 0 Å². The third-order valence-corrected chi connectivity index (χ3v) is 4.28. The molecule has 1 amide bonds. The molecule has 0 fully saturated rings. The summed E-state index contributed by atoms with van der Waals surface area (Å²) in [7, 11) is 1.53. The van der Waals surface area contributed by atoms with Crippen LogP contribution in [0.4, 0.5) is 11.5 Å². The Morgan fingerprint density at radius 3 is 2.64 bits per heavy atom. The molecule has 2 aromatic carbocycles. The smallest absolute Gasteiger partial charge is 0.274 e. The zero-order valence-electron chi connectivity index (χ0n) is 15.7. The van der Waals surface area contributed by atoms with Crippen LogP contribution in [-0.4, -0.2) is 29.5 Å². The number of anilines is 2. The fourth-order valence-electron chi connectivity index (χ4n) is 2.72. The van der Waals surface area contributed by atoms with Crippen LogP contribution in [0.15, 0.2) is 54.6 Å². The fourth-order valence-corrected chi connectivity index (χ4v) is 2.89. The predicted molar refractivity (Wildman–Crippen MR) is 111 cm³/mol. The SMILES string of the molecule is COc1ccc(Cl)cc1NC(=O)c1cc(NCCc2ccccc2)nc(C)n1. The summed E-state index contributed by atoms with van der Waals surface area (Å²) in [6.45, 7) is 2.45. The van der Waals surface area contributed by atoms with Gasteiger partial charge in [-0.3, -0.25) is 4.79 Å². The van der Waals surface area contributed by atoms with E-state index in [0.29, 0.717) is 34.6 Å². The van der Waals surface area contributed by atoms with Crippen molar-refractivity contribution in [1.82, 2.24) is 9.97 Å². The molecule has 0 aliphatic heterocycles. The molecule has 2 N–H and O–H groups in total. The number of carbonyl (C=O) groups is 1. The van der Waals surface area contributed by atoms with Crippen molar-refractivity contribution in [2.45, 2.75) is 13.3 Å². The number of nitrogens with one attached hydrogen (secondary N) is 2. The quantitative estimate of drug-likeness (QED) is 0.620. The first-order valence-electron chi connectivity index (χ1n) is 8.83. The van der Waals surface area contributed by atoms with E-state index in [-0.39, 0.29) is 11.6 Å². The summed E-state index contributed by atoms with van der Waals surface area (Å²) in [6, 6.07) is 16.8. The molecule has 0 bridgehead atoms. The monoisotopic (exact) mass is 396 g/mol. The Morgan fingerprint density at radius 2 is 1.89 bits per heavy atom. The van der Waals surface area contributed by atoms with Crippen molar-refractivity contribution >= 4 is 29.0 Å². The number of halogens is 1. The first kappa shape index (κ1) is 19.6. The molecule has 28 heavy (non-hydrogen) atoms. The van der Waals surface area contributed by atoms with Gasteiger partial charge in [0.15, 0.2) is 0 Å². The van der Waals surface area contributed by atoms with E-state index in [1.54, 1.807) is 31.2 Å². The molecule has 0 radical (unpaired) electrons. The van der Waals surface area contributed by atoms with Crippen molar-refractivity contribution in [3.05, 3.63) is 76.7 Å². The molecule has 6 nitrogen and oxygen atoms in total. The molecule has 1 aromatic heterocycles. The van der Waals surface area contributed by atoms with Crippen LogP contribution in [0.3, 0.4) is 0 Å². The van der Waals surface area contributed by atoms with Crippen LogP contribution < -0.4 is 15.4 Å². The van der Waals surface area contributed by atoms with E-state index in [0.717, 1.165) is 6.42 Å². The van der Waals surface area contributed by atoms with E-state index in [9.17, 15) is 4.79 Å². The minimum absolute atomic E-state index is 0.261. The summed E-state index contributed by atoms with van der Waals surface area (Å²) in [5.41, 5.74) is 1.97. The van der Waals surface area contributed by atoms with Crippen molar-refractivity contribution < 1.29 is 9.53 Å². The second kappa shape index (κ2) is 9.19. The number of amides is 1. The molecule has 3 rings (SSSR count). The summed E-state index contributed by atoms with van der Waals surface area (Å²) >= 11 is 6.02. The molecule has 0 aliphatic carbocycles. The summed E-state index contributed by atoms with van der Waals surface area (Å²) in [5, 5.41) is 6.53. The van der Waals surface area contributed by atoms with E-state index >= 15 is 0 Å². The van der Waals surface area contributed by atoms with E-state index in [4.69, 9.17) is 16.3 Å². The summed E-state index contributed by atoms with van der Waals surface area (Å²) in [4.78, 5) is 21.3. The van der Waals surface area contributed by atoms with Gasteiger partial charge in [-0.1, -0.05) is 41.9 Å². The molecule has 0 saturated heterocycles. The van der Waals surface area contributed by atoms with Crippen molar-refractivity contribution in [3.63, 3.8) is 0 Å². The average molecular weight is 397 g/mol. The topological polar surface area (TPSA) is 76.1 Å². The van der Waals surface area contributed by atoms with Gasteiger partial charge < -0.3 is 15.4 Å². The number of rotatable bonds is 7. The van der Waals surface area contributed by atoms with Crippen LogP contribution in [-0.2, 0) is 6.42 Å². The van der Waals surface area contributed by atoms with Crippen LogP contribution in [0.5, 0.6) is 5.75 Å². The summed E-state index contributed by atoms with van der Waals surface area (Å²) in [6.07, 6.45) is 0.852. The molecular formula is C21H21ClN4O2. The molecule has 0 spiro atoms. The average Bonchev–Trinajstić information content (AvgIpc) is 2.68. The zero-order valence-corrected chi connectivity index (χ0v) is 16.5. The molecule has 1 heterocycles. The lowest BCUT2D eigenvalue weighted by atomic mass is 10.1. The molecule has 0 saturated carbocycles. The van der Waals surface area contributed by atoms with E-state index in [1.807, 2.05) is 18.2 Å². The highest BCUT2D eigenvalue weighted by molar-refractivity contribution is 6.31. The van der Waals surface area contributed by atoms with Crippen LogP contribution in [0.2, 0.25) is 5.02 Å². The Balaban J connectivity index is 1.70. The third kappa shape index (κ3) is 5.20. The van der Waals surface area contributed by atoms with Gasteiger partial charge in [-0.25, -0.2) is 9.97 Å². The molecule has 3 aromatic rings. The molecule has 0 atom stereocenters. The number of hydrogen-bond donors (Lipinski definition) is 2. The molecule has 0 unspecified atom stereocenters. The molecule has 7 heteroatoms. The van der Waals surface area contributed by atoms with Gasteiger partial charge in [0.2, 0.25) is 0 Å². The lowest BCUT2D eigenvalue weighted by molar-refractivity contribution is 0.102. The maximum atomic E-state index is 12.7. The van der Waals surface area contributed by atoms with Crippen LogP contribution in [0.1, 0.15) is 21.9 Å². The Labute approximate surface area is 168 Å². The van der Waals surface area contributed by atoms with Gasteiger partial charge in [0.25, 0.3) is 5.91 Å². The van der Waals surface area contributed by atoms with Gasteiger partial charge in [0.05, 0.1) is 12.8 Å². The maximum absolute atomic E-state index is 12.7. The minimum atomic E-state index is -0.364. The largest absolute Gasteiger partial charge is 0.495 e. The number of carbonyl (C=O) groups excluding carboxylic acids is 1. The first-order valence-corrected chi connectivity index (χ1v) is 9.21. The Morgan fingerprint density at radius 1 is 1.11 bits per heavy atom. The Bertz CT molecular complexity index is 964. The number of aryl methyl sites for hydroxylation is 1. The van der Waals surface area contributed by atoms with E-state index in [2.05, 4.69) is 32.7 Å². The third-order valence-electron chi connectivity index (χ3n) is 4.04. The normalized spacial score (nSPS) is 10.4. The highest BCUT2D eigenvalue weighted by Crippen LogP contribution is 2.28. The highest BCUT2D eigenvalue weighted by Gasteiger charge is 2.14. The minimum Gasteiger partial charge on any atom is -0.495 e. The van der Waals surface area contributed by atoms with Crippen molar-refractivity contribution in [2.24, 2.45) is 0 Å². The number of nitrogens with zero attached hydrogens (tertiary/aromatic N) is 2. The van der Waals surface area contributed by atoms with Gasteiger partial charge in [-0.2, -0.15) is 0 Å². The number of hydrogen-bond acceptors (Lipinski definition) is 5. The number of methoxy groups -OCH3 is 1. The number of ether oxygens (including phenoxy) is 1. The zero-order chi connectivity index (χ0) is 19.9. The second-order valence-electron chi connectivity index (χ2n) is 6.15. The summed E-state index contributed by atoms with van der Waals surface area (Å²) < 4.78 is 5.26. The van der Waals surface area contributed by atoms with Crippen molar-refractivity contribution in [2.75, 3.05) is 24.3 Å². The Kier molecular flexibility index (Phi) is 6.45. The van der Waals surface area contributed by atoms with Crippen LogP contribution in [0, 0.1) is 6.92 Å². The fraction of sp³-hybridized carbons (Fsp3) is 0.190. The summed E-state index contributed by atoms with van der Waals surface area (Å²) in [5.74, 6) is 1.27. The van der Waals surface area contributed by atoms with Crippen molar-refractivity contribution in [3.8, 4) is 5.75 Å². The number of benzene rings is 2. The first-order chi connectivity index (χ1) is 13.5. The van der Waals surface area contributed by atoms with E-state index < -0.39 is 0 Å². The standard InChI is InChI=1S/C21H21ClN4O2/c1-14-24-18(21(27)26-17-12-16(22)8-9-19(17)28-2)13-20(25-14)23-11-10-15-6-4-3-5-7-15/h3-9,12-13H,10-11H2,1-2H3,(H,26,27)(H,23,24,25). The van der Waals surface area contributed by atoms with Crippen LogP contribution >= 0.6 is 11.6 Å².